The zero-order chi connectivity index (χ0) is 14.2. The lowest BCUT2D eigenvalue weighted by Crippen LogP contribution is -2.20. The fourth-order valence-corrected chi connectivity index (χ4v) is 1.63. The maximum atomic E-state index is 11.7. The number of rotatable bonds is 5. The number of methoxy groups -OCH3 is 1. The molecule has 0 aliphatic rings. The van der Waals surface area contributed by atoms with Gasteiger partial charge < -0.3 is 10.1 Å². The molecule has 0 spiro atoms. The molecule has 2 rings (SSSR count). The van der Waals surface area contributed by atoms with Gasteiger partial charge in [0.2, 0.25) is 5.91 Å². The third-order valence-electron chi connectivity index (χ3n) is 2.71. The van der Waals surface area contributed by atoms with Crippen LogP contribution in [-0.2, 0) is 11.3 Å². The molecule has 1 aromatic carbocycles. The minimum atomic E-state index is -0.147. The molecule has 0 aliphatic heterocycles. The highest BCUT2D eigenvalue weighted by Crippen LogP contribution is 2.12. The quantitative estimate of drug-likeness (QED) is 0.847. The molecule has 2 aromatic rings. The Bertz CT molecular complexity index is 577. The van der Waals surface area contributed by atoms with Gasteiger partial charge in [0.05, 0.1) is 19.3 Å². The molecule has 0 saturated heterocycles. The largest absolute Gasteiger partial charge is 0.497 e. The number of carbonyl (C=O) groups is 1. The van der Waals surface area contributed by atoms with Crippen LogP contribution in [0.15, 0.2) is 54.7 Å². The van der Waals surface area contributed by atoms with Crippen LogP contribution in [0.25, 0.3) is 6.08 Å². The van der Waals surface area contributed by atoms with Gasteiger partial charge in [0, 0.05) is 12.3 Å². The molecule has 1 N–H and O–H groups in total. The molecule has 0 aliphatic carbocycles. The van der Waals surface area contributed by atoms with Crippen LogP contribution in [0.2, 0.25) is 0 Å². The number of amides is 1. The monoisotopic (exact) mass is 268 g/mol. The molecule has 0 saturated carbocycles. The summed E-state index contributed by atoms with van der Waals surface area (Å²) in [4.78, 5) is 15.8. The smallest absolute Gasteiger partial charge is 0.244 e. The van der Waals surface area contributed by atoms with E-state index in [1.165, 1.54) is 6.08 Å². The molecule has 0 radical (unpaired) electrons. The molecule has 20 heavy (non-hydrogen) atoms. The molecule has 1 amide bonds. The van der Waals surface area contributed by atoms with Crippen LogP contribution in [0.3, 0.4) is 0 Å². The maximum absolute atomic E-state index is 11.7. The molecule has 0 bridgehead atoms. The lowest BCUT2D eigenvalue weighted by molar-refractivity contribution is -0.116. The van der Waals surface area contributed by atoms with Crippen LogP contribution in [-0.4, -0.2) is 18.0 Å². The highest BCUT2D eigenvalue weighted by atomic mass is 16.5. The first kappa shape index (κ1) is 13.8. The lowest BCUT2D eigenvalue weighted by Gasteiger charge is -2.01. The maximum Gasteiger partial charge on any atom is 0.244 e. The summed E-state index contributed by atoms with van der Waals surface area (Å²) in [6, 6.07) is 13.1. The predicted octanol–water partition coefficient (Wildman–Crippen LogP) is 2.42. The molecule has 1 aromatic heterocycles. The van der Waals surface area contributed by atoms with Gasteiger partial charge in [-0.25, -0.2) is 0 Å². The highest BCUT2D eigenvalue weighted by molar-refractivity contribution is 5.91. The van der Waals surface area contributed by atoms with Crippen LogP contribution in [0.1, 0.15) is 11.3 Å². The van der Waals surface area contributed by atoms with Gasteiger partial charge in [-0.05, 0) is 35.9 Å². The number of nitrogens with one attached hydrogen (secondary N) is 1. The molecule has 4 nitrogen and oxygen atoms in total. The summed E-state index contributed by atoms with van der Waals surface area (Å²) in [5, 5.41) is 2.78. The first-order valence-electron chi connectivity index (χ1n) is 6.28. The van der Waals surface area contributed by atoms with Gasteiger partial charge in [-0.15, -0.1) is 0 Å². The fourth-order valence-electron chi connectivity index (χ4n) is 1.63. The van der Waals surface area contributed by atoms with Crippen molar-refractivity contribution in [1.29, 1.82) is 0 Å². The Balaban J connectivity index is 1.85. The van der Waals surface area contributed by atoms with Gasteiger partial charge in [0.25, 0.3) is 0 Å². The van der Waals surface area contributed by atoms with Gasteiger partial charge in [-0.3, -0.25) is 9.78 Å². The minimum absolute atomic E-state index is 0.147. The van der Waals surface area contributed by atoms with Gasteiger partial charge in [-0.2, -0.15) is 0 Å². The van der Waals surface area contributed by atoms with Gasteiger partial charge in [0.15, 0.2) is 0 Å². The molecular formula is C16H16N2O2. The van der Waals surface area contributed by atoms with Crippen molar-refractivity contribution in [2.24, 2.45) is 0 Å². The SMILES string of the molecule is COc1ccc(/C=C/C(=O)NCc2ccccn2)cc1. The van der Waals surface area contributed by atoms with Crippen molar-refractivity contribution >= 4 is 12.0 Å². The Morgan fingerprint density at radius 2 is 2.05 bits per heavy atom. The van der Waals surface area contributed by atoms with Crippen LogP contribution >= 0.6 is 0 Å². The lowest BCUT2D eigenvalue weighted by atomic mass is 10.2. The molecule has 1 heterocycles. The summed E-state index contributed by atoms with van der Waals surface area (Å²) in [5.74, 6) is 0.647. The summed E-state index contributed by atoms with van der Waals surface area (Å²) in [6.07, 6.45) is 4.96. The van der Waals surface area contributed by atoms with E-state index in [0.717, 1.165) is 17.0 Å². The summed E-state index contributed by atoms with van der Waals surface area (Å²) in [7, 11) is 1.62. The number of pyridine rings is 1. The minimum Gasteiger partial charge on any atom is -0.497 e. The Morgan fingerprint density at radius 1 is 1.25 bits per heavy atom. The summed E-state index contributed by atoms with van der Waals surface area (Å²) < 4.78 is 5.07. The van der Waals surface area contributed by atoms with Crippen molar-refractivity contribution in [3.05, 3.63) is 66.0 Å². The molecular weight excluding hydrogens is 252 g/mol. The first-order chi connectivity index (χ1) is 9.78. The molecule has 0 atom stereocenters. The number of aromatic nitrogens is 1. The zero-order valence-electron chi connectivity index (χ0n) is 11.2. The predicted molar refractivity (Wildman–Crippen MR) is 78.1 cm³/mol. The zero-order valence-corrected chi connectivity index (χ0v) is 11.2. The summed E-state index contributed by atoms with van der Waals surface area (Å²) in [6.45, 7) is 0.423. The van der Waals surface area contributed by atoms with E-state index in [2.05, 4.69) is 10.3 Å². The second-order valence-electron chi connectivity index (χ2n) is 4.15. The average molecular weight is 268 g/mol. The average Bonchev–Trinajstić information content (AvgIpc) is 2.52. The van der Waals surface area contributed by atoms with Gasteiger partial charge in [-0.1, -0.05) is 18.2 Å². The van der Waals surface area contributed by atoms with E-state index in [1.807, 2.05) is 42.5 Å². The number of ether oxygens (including phenoxy) is 1. The number of nitrogens with zero attached hydrogens (tertiary/aromatic N) is 1. The van der Waals surface area contributed by atoms with Crippen molar-refractivity contribution in [3.8, 4) is 5.75 Å². The highest BCUT2D eigenvalue weighted by Gasteiger charge is 1.97. The third kappa shape index (κ3) is 4.24. The third-order valence-corrected chi connectivity index (χ3v) is 2.71. The van der Waals surface area contributed by atoms with E-state index in [4.69, 9.17) is 4.74 Å². The Labute approximate surface area is 118 Å². The van der Waals surface area contributed by atoms with E-state index >= 15 is 0 Å². The van der Waals surface area contributed by atoms with Gasteiger partial charge >= 0.3 is 0 Å². The molecule has 0 unspecified atom stereocenters. The second kappa shape index (κ2) is 7.09. The first-order valence-corrected chi connectivity index (χ1v) is 6.28. The Hall–Kier alpha value is -2.62. The second-order valence-corrected chi connectivity index (χ2v) is 4.15. The van der Waals surface area contributed by atoms with Crippen molar-refractivity contribution in [1.82, 2.24) is 10.3 Å². The van der Waals surface area contributed by atoms with E-state index in [0.29, 0.717) is 6.54 Å². The standard InChI is InChI=1S/C16H16N2O2/c1-20-15-8-5-13(6-9-15)7-10-16(19)18-12-14-4-2-3-11-17-14/h2-11H,12H2,1H3,(H,18,19)/b10-7+. The molecule has 4 heteroatoms. The van der Waals surface area contributed by atoms with E-state index in [9.17, 15) is 4.79 Å². The summed E-state index contributed by atoms with van der Waals surface area (Å²) >= 11 is 0. The van der Waals surface area contributed by atoms with E-state index in [1.54, 1.807) is 19.4 Å². The van der Waals surface area contributed by atoms with Gasteiger partial charge in [0.1, 0.15) is 5.75 Å². The number of benzene rings is 1. The van der Waals surface area contributed by atoms with Crippen molar-refractivity contribution in [2.45, 2.75) is 6.54 Å². The normalized spacial score (nSPS) is 10.4. The van der Waals surface area contributed by atoms with Crippen LogP contribution < -0.4 is 10.1 Å². The topological polar surface area (TPSA) is 51.2 Å². The number of carbonyl (C=O) groups excluding carboxylic acids is 1. The van der Waals surface area contributed by atoms with E-state index in [-0.39, 0.29) is 5.91 Å². The van der Waals surface area contributed by atoms with Crippen molar-refractivity contribution in [3.63, 3.8) is 0 Å². The summed E-state index contributed by atoms with van der Waals surface area (Å²) in [5.41, 5.74) is 1.78. The van der Waals surface area contributed by atoms with Crippen LogP contribution in [0.5, 0.6) is 5.75 Å². The van der Waals surface area contributed by atoms with Crippen molar-refractivity contribution < 1.29 is 9.53 Å². The van der Waals surface area contributed by atoms with E-state index < -0.39 is 0 Å². The Morgan fingerprint density at radius 3 is 2.70 bits per heavy atom. The molecule has 102 valence electrons. The number of hydrogen-bond acceptors (Lipinski definition) is 3. The Kier molecular flexibility index (Phi) is 4.89. The fraction of sp³-hybridized carbons (Fsp3) is 0.125. The van der Waals surface area contributed by atoms with Crippen LogP contribution in [0.4, 0.5) is 0 Å². The van der Waals surface area contributed by atoms with Crippen molar-refractivity contribution in [2.75, 3.05) is 7.11 Å². The molecule has 0 fully saturated rings. The van der Waals surface area contributed by atoms with Crippen LogP contribution in [0, 0.1) is 0 Å². The number of hydrogen-bond donors (Lipinski definition) is 1.